The lowest BCUT2D eigenvalue weighted by molar-refractivity contribution is -0.140. The largest absolute Gasteiger partial charge is 0.469 e. The molecule has 1 rings (SSSR count). The molecule has 4 nitrogen and oxygen atoms in total. The van der Waals surface area contributed by atoms with Crippen molar-refractivity contribution in [2.24, 2.45) is 4.99 Å². The smallest absolute Gasteiger partial charge is 0.307 e. The van der Waals surface area contributed by atoms with Crippen LogP contribution in [0.5, 0.6) is 0 Å². The molecule has 0 aliphatic carbocycles. The number of benzene rings is 1. The van der Waals surface area contributed by atoms with Crippen LogP contribution in [0, 0.1) is 0 Å². The molecule has 4 heteroatoms. The summed E-state index contributed by atoms with van der Waals surface area (Å²) in [5.41, 5.74) is 0.972. The standard InChI is InChI=1S/C11H14N2O2/c1-15-11(14)7-8-12-9-13-10-5-3-2-4-6-10/h2-6,9H,7-8H2,1H3,(H,12,13). The fourth-order valence-corrected chi connectivity index (χ4v) is 0.977. The number of carbonyl (C=O) groups is 1. The second kappa shape index (κ2) is 6.59. The van der Waals surface area contributed by atoms with Gasteiger partial charge in [0.1, 0.15) is 0 Å². The summed E-state index contributed by atoms with van der Waals surface area (Å²) in [6.07, 6.45) is 1.89. The molecule has 0 aromatic heterocycles. The molecule has 0 heterocycles. The summed E-state index contributed by atoms with van der Waals surface area (Å²) in [5, 5.41) is 2.99. The number of nitrogens with zero attached hydrogens (tertiary/aromatic N) is 1. The molecule has 0 spiro atoms. The van der Waals surface area contributed by atoms with E-state index in [0.29, 0.717) is 13.0 Å². The minimum Gasteiger partial charge on any atom is -0.469 e. The number of hydrogen-bond acceptors (Lipinski definition) is 3. The molecule has 1 aromatic rings. The van der Waals surface area contributed by atoms with Gasteiger partial charge in [0, 0.05) is 5.69 Å². The Morgan fingerprint density at radius 3 is 2.87 bits per heavy atom. The van der Waals surface area contributed by atoms with Gasteiger partial charge in [0.05, 0.1) is 26.4 Å². The average molecular weight is 206 g/mol. The zero-order chi connectivity index (χ0) is 10.9. The van der Waals surface area contributed by atoms with Crippen molar-refractivity contribution in [1.29, 1.82) is 0 Å². The number of carbonyl (C=O) groups excluding carboxylic acids is 1. The fraction of sp³-hybridized carbons (Fsp3) is 0.273. The zero-order valence-electron chi connectivity index (χ0n) is 8.64. The number of hydrogen-bond donors (Lipinski definition) is 1. The molecule has 1 N–H and O–H groups in total. The fourth-order valence-electron chi connectivity index (χ4n) is 0.977. The summed E-state index contributed by atoms with van der Waals surface area (Å²) in [7, 11) is 1.37. The second-order valence-corrected chi connectivity index (χ2v) is 2.87. The van der Waals surface area contributed by atoms with E-state index in [4.69, 9.17) is 0 Å². The van der Waals surface area contributed by atoms with Crippen LogP contribution in [0.2, 0.25) is 0 Å². The topological polar surface area (TPSA) is 50.7 Å². The lowest BCUT2D eigenvalue weighted by Gasteiger charge is -1.98. The molecular weight excluding hydrogens is 192 g/mol. The average Bonchev–Trinajstić information content (AvgIpc) is 2.29. The van der Waals surface area contributed by atoms with Crippen LogP contribution in [0.4, 0.5) is 5.69 Å². The molecule has 0 saturated carbocycles. The highest BCUT2D eigenvalue weighted by molar-refractivity contribution is 5.75. The van der Waals surface area contributed by atoms with Gasteiger partial charge in [-0.25, -0.2) is 0 Å². The van der Waals surface area contributed by atoms with Crippen LogP contribution in [-0.4, -0.2) is 26.0 Å². The molecule has 0 atom stereocenters. The summed E-state index contributed by atoms with van der Waals surface area (Å²) in [4.78, 5) is 14.7. The van der Waals surface area contributed by atoms with Crippen LogP contribution in [0.1, 0.15) is 6.42 Å². The molecule has 0 fully saturated rings. The second-order valence-electron chi connectivity index (χ2n) is 2.87. The van der Waals surface area contributed by atoms with Gasteiger partial charge in [-0.05, 0) is 12.1 Å². The van der Waals surface area contributed by atoms with Crippen molar-refractivity contribution in [2.75, 3.05) is 19.0 Å². The Bertz CT molecular complexity index is 323. The van der Waals surface area contributed by atoms with Gasteiger partial charge in [-0.2, -0.15) is 0 Å². The highest BCUT2D eigenvalue weighted by Gasteiger charge is 1.95. The van der Waals surface area contributed by atoms with Crippen molar-refractivity contribution in [3.8, 4) is 0 Å². The van der Waals surface area contributed by atoms with E-state index in [0.717, 1.165) is 5.69 Å². The monoisotopic (exact) mass is 206 g/mol. The van der Waals surface area contributed by atoms with Gasteiger partial charge in [0.25, 0.3) is 0 Å². The van der Waals surface area contributed by atoms with Gasteiger partial charge in [0.15, 0.2) is 0 Å². The Kier molecular flexibility index (Phi) is 4.94. The van der Waals surface area contributed by atoms with Gasteiger partial charge in [-0.15, -0.1) is 0 Å². The van der Waals surface area contributed by atoms with E-state index in [9.17, 15) is 4.79 Å². The number of esters is 1. The Morgan fingerprint density at radius 1 is 1.47 bits per heavy atom. The van der Waals surface area contributed by atoms with E-state index in [1.165, 1.54) is 7.11 Å². The predicted octanol–water partition coefficient (Wildman–Crippen LogP) is 1.69. The third-order valence-corrected chi connectivity index (χ3v) is 1.77. The predicted molar refractivity (Wildman–Crippen MR) is 60.1 cm³/mol. The minimum atomic E-state index is -0.244. The van der Waals surface area contributed by atoms with Crippen molar-refractivity contribution in [3.05, 3.63) is 30.3 Å². The summed E-state index contributed by atoms with van der Waals surface area (Å²) in [5.74, 6) is -0.244. The normalized spacial score (nSPS) is 10.2. The first-order chi connectivity index (χ1) is 7.33. The number of nitrogens with one attached hydrogen (secondary N) is 1. The maximum atomic E-state index is 10.7. The van der Waals surface area contributed by atoms with Gasteiger partial charge in [0.2, 0.25) is 0 Å². The van der Waals surface area contributed by atoms with Crippen molar-refractivity contribution in [2.45, 2.75) is 6.42 Å². The Hall–Kier alpha value is -1.84. The summed E-state index contributed by atoms with van der Waals surface area (Å²) in [6, 6.07) is 9.69. The summed E-state index contributed by atoms with van der Waals surface area (Å²) >= 11 is 0. The van der Waals surface area contributed by atoms with Crippen molar-refractivity contribution in [1.82, 2.24) is 0 Å². The first-order valence-electron chi connectivity index (χ1n) is 4.69. The highest BCUT2D eigenvalue weighted by Crippen LogP contribution is 2.02. The summed E-state index contributed by atoms with van der Waals surface area (Å²) in [6.45, 7) is 0.437. The first-order valence-corrected chi connectivity index (χ1v) is 4.69. The van der Waals surface area contributed by atoms with Crippen LogP contribution in [0.25, 0.3) is 0 Å². The number of rotatable bonds is 5. The van der Waals surface area contributed by atoms with Crippen LogP contribution in [0.15, 0.2) is 35.3 Å². The van der Waals surface area contributed by atoms with Crippen LogP contribution < -0.4 is 5.32 Å². The number of anilines is 1. The molecule has 15 heavy (non-hydrogen) atoms. The maximum absolute atomic E-state index is 10.7. The van der Waals surface area contributed by atoms with Crippen LogP contribution >= 0.6 is 0 Å². The molecular formula is C11H14N2O2. The molecule has 0 aliphatic rings. The lowest BCUT2D eigenvalue weighted by Crippen LogP contribution is -2.03. The SMILES string of the molecule is COC(=O)CCN=CNc1ccccc1. The van der Waals surface area contributed by atoms with Crippen LogP contribution in [0.3, 0.4) is 0 Å². The third-order valence-electron chi connectivity index (χ3n) is 1.77. The highest BCUT2D eigenvalue weighted by atomic mass is 16.5. The number of methoxy groups -OCH3 is 1. The van der Waals surface area contributed by atoms with Crippen molar-refractivity contribution in [3.63, 3.8) is 0 Å². The maximum Gasteiger partial charge on any atom is 0.307 e. The number of aliphatic imine (C=N–C) groups is 1. The zero-order valence-corrected chi connectivity index (χ0v) is 8.64. The molecule has 80 valence electrons. The molecule has 0 aliphatic heterocycles. The Balaban J connectivity index is 2.20. The van der Waals surface area contributed by atoms with E-state index < -0.39 is 0 Å². The molecule has 0 amide bonds. The van der Waals surface area contributed by atoms with Gasteiger partial charge in [-0.1, -0.05) is 18.2 Å². The Morgan fingerprint density at radius 2 is 2.20 bits per heavy atom. The molecule has 0 saturated heterocycles. The van der Waals surface area contributed by atoms with Crippen LogP contribution in [-0.2, 0) is 9.53 Å². The lowest BCUT2D eigenvalue weighted by atomic mass is 10.3. The van der Waals surface area contributed by atoms with E-state index in [1.54, 1.807) is 6.34 Å². The quantitative estimate of drug-likeness (QED) is 0.453. The van der Waals surface area contributed by atoms with E-state index >= 15 is 0 Å². The molecule has 0 bridgehead atoms. The summed E-state index contributed by atoms with van der Waals surface area (Å²) < 4.78 is 4.48. The number of para-hydroxylation sites is 1. The molecule has 0 unspecified atom stereocenters. The van der Waals surface area contributed by atoms with Gasteiger partial charge < -0.3 is 10.1 Å². The van der Waals surface area contributed by atoms with E-state index in [2.05, 4.69) is 15.0 Å². The van der Waals surface area contributed by atoms with E-state index in [1.807, 2.05) is 30.3 Å². The van der Waals surface area contributed by atoms with Crippen molar-refractivity contribution < 1.29 is 9.53 Å². The molecule has 1 aromatic carbocycles. The Labute approximate surface area is 89.0 Å². The van der Waals surface area contributed by atoms with Gasteiger partial charge >= 0.3 is 5.97 Å². The number of ether oxygens (including phenoxy) is 1. The molecule has 0 radical (unpaired) electrons. The van der Waals surface area contributed by atoms with Gasteiger partial charge in [-0.3, -0.25) is 9.79 Å². The third kappa shape index (κ3) is 4.81. The first kappa shape index (κ1) is 11.2. The van der Waals surface area contributed by atoms with Crippen molar-refractivity contribution >= 4 is 18.0 Å². The minimum absolute atomic E-state index is 0.244. The van der Waals surface area contributed by atoms with E-state index in [-0.39, 0.29) is 5.97 Å².